The van der Waals surface area contributed by atoms with Gasteiger partial charge in [0, 0.05) is 42.8 Å². The van der Waals surface area contributed by atoms with Crippen molar-refractivity contribution in [3.8, 4) is 17.3 Å². The van der Waals surface area contributed by atoms with E-state index < -0.39 is 0 Å². The number of pyridine rings is 1. The Morgan fingerprint density at radius 2 is 2.08 bits per heavy atom. The molecule has 1 fully saturated rings. The zero-order valence-corrected chi connectivity index (χ0v) is 13.6. The van der Waals surface area contributed by atoms with E-state index in [0.29, 0.717) is 0 Å². The van der Waals surface area contributed by atoms with Crippen LogP contribution in [0.4, 0.5) is 0 Å². The second kappa shape index (κ2) is 7.09. The number of nitriles is 1. The number of aryl methyl sites for hydroxylation is 1. The molecule has 0 bridgehead atoms. The van der Waals surface area contributed by atoms with Gasteiger partial charge in [0.2, 0.25) is 0 Å². The maximum atomic E-state index is 12.4. The van der Waals surface area contributed by atoms with E-state index in [0.717, 1.165) is 42.5 Å². The zero-order chi connectivity index (χ0) is 16.9. The summed E-state index contributed by atoms with van der Waals surface area (Å²) >= 11 is 0. The molecule has 24 heavy (non-hydrogen) atoms. The summed E-state index contributed by atoms with van der Waals surface area (Å²) in [6.07, 6.45) is 11.0. The largest absolute Gasteiger partial charge is 0.349 e. The minimum atomic E-state index is -0.311. The first-order valence-corrected chi connectivity index (χ1v) is 8.04. The lowest BCUT2D eigenvalue weighted by Gasteiger charge is -2.10. The molecule has 2 heterocycles. The molecule has 0 saturated heterocycles. The second-order valence-corrected chi connectivity index (χ2v) is 5.97. The van der Waals surface area contributed by atoms with Crippen molar-refractivity contribution in [2.24, 2.45) is 7.05 Å². The van der Waals surface area contributed by atoms with Crippen LogP contribution in [0, 0.1) is 11.3 Å². The fourth-order valence-electron chi connectivity index (χ4n) is 2.98. The average molecular weight is 321 g/mol. The molecule has 6 nitrogen and oxygen atoms in total. The van der Waals surface area contributed by atoms with Gasteiger partial charge in [0.05, 0.1) is 5.69 Å². The molecule has 2 aromatic rings. The van der Waals surface area contributed by atoms with Crippen molar-refractivity contribution in [3.05, 3.63) is 41.9 Å². The normalized spacial score (nSPS) is 15.2. The number of nitrogens with zero attached hydrogens (tertiary/aromatic N) is 4. The highest BCUT2D eigenvalue weighted by Gasteiger charge is 2.20. The molecule has 0 unspecified atom stereocenters. The van der Waals surface area contributed by atoms with Crippen LogP contribution in [0.3, 0.4) is 0 Å². The second-order valence-electron chi connectivity index (χ2n) is 5.97. The Balaban J connectivity index is 1.88. The Hall–Kier alpha value is -2.94. The van der Waals surface area contributed by atoms with Gasteiger partial charge in [-0.2, -0.15) is 10.4 Å². The summed E-state index contributed by atoms with van der Waals surface area (Å²) in [5, 5.41) is 16.8. The first-order valence-electron chi connectivity index (χ1n) is 8.04. The maximum absolute atomic E-state index is 12.4. The lowest BCUT2D eigenvalue weighted by Crippen LogP contribution is -2.33. The van der Waals surface area contributed by atoms with E-state index in [1.807, 2.05) is 25.2 Å². The molecule has 6 heteroatoms. The fourth-order valence-corrected chi connectivity index (χ4v) is 2.98. The smallest absolute Gasteiger partial charge is 0.262 e. The predicted molar refractivity (Wildman–Crippen MR) is 90.4 cm³/mol. The van der Waals surface area contributed by atoms with E-state index in [-0.39, 0.29) is 17.5 Å². The number of nitrogens with one attached hydrogen (secondary N) is 1. The minimum Gasteiger partial charge on any atom is -0.349 e. The molecular formula is C18H19N5O. The van der Waals surface area contributed by atoms with E-state index in [2.05, 4.69) is 15.4 Å². The van der Waals surface area contributed by atoms with Crippen molar-refractivity contribution in [2.45, 2.75) is 31.7 Å². The average Bonchev–Trinajstić information content (AvgIpc) is 3.22. The molecule has 0 aliphatic heterocycles. The zero-order valence-electron chi connectivity index (χ0n) is 13.6. The number of carbonyl (C=O) groups excluding carboxylic acids is 1. The summed E-state index contributed by atoms with van der Waals surface area (Å²) in [5.41, 5.74) is 2.46. The Labute approximate surface area is 140 Å². The molecule has 1 aliphatic rings. The summed E-state index contributed by atoms with van der Waals surface area (Å²) in [7, 11) is 1.81. The highest BCUT2D eigenvalue weighted by molar-refractivity contribution is 6.02. The van der Waals surface area contributed by atoms with Crippen LogP contribution in [-0.2, 0) is 11.8 Å². The Kier molecular flexibility index (Phi) is 4.71. The lowest BCUT2D eigenvalue weighted by atomic mass is 10.1. The molecule has 1 saturated carbocycles. The molecule has 2 aromatic heterocycles. The number of hydrogen-bond acceptors (Lipinski definition) is 4. The van der Waals surface area contributed by atoms with Crippen LogP contribution < -0.4 is 5.32 Å². The third-order valence-corrected chi connectivity index (χ3v) is 4.17. The lowest BCUT2D eigenvalue weighted by molar-refractivity contribution is -0.117. The highest BCUT2D eigenvalue weighted by Crippen LogP contribution is 2.24. The van der Waals surface area contributed by atoms with Gasteiger partial charge < -0.3 is 5.32 Å². The Morgan fingerprint density at radius 1 is 1.38 bits per heavy atom. The molecule has 0 spiro atoms. The summed E-state index contributed by atoms with van der Waals surface area (Å²) in [6.45, 7) is 0. The summed E-state index contributed by atoms with van der Waals surface area (Å²) in [5.74, 6) is -0.311. The van der Waals surface area contributed by atoms with E-state index in [4.69, 9.17) is 0 Å². The number of carbonyl (C=O) groups is 1. The fraction of sp³-hybridized carbons (Fsp3) is 0.333. The van der Waals surface area contributed by atoms with E-state index in [9.17, 15) is 10.1 Å². The number of amides is 1. The highest BCUT2D eigenvalue weighted by atomic mass is 16.1. The van der Waals surface area contributed by atoms with Crippen LogP contribution in [0.25, 0.3) is 17.3 Å². The third-order valence-electron chi connectivity index (χ3n) is 4.17. The molecule has 0 aromatic carbocycles. The molecule has 3 rings (SSSR count). The third kappa shape index (κ3) is 3.51. The number of rotatable bonds is 4. The van der Waals surface area contributed by atoms with Gasteiger partial charge in [-0.3, -0.25) is 14.5 Å². The number of hydrogen-bond donors (Lipinski definition) is 1. The summed E-state index contributed by atoms with van der Waals surface area (Å²) in [6, 6.07) is 5.90. The van der Waals surface area contributed by atoms with Crippen LogP contribution in [0.1, 0.15) is 31.2 Å². The molecule has 1 amide bonds. The number of aromatic nitrogens is 3. The van der Waals surface area contributed by atoms with Gasteiger partial charge in [0.15, 0.2) is 0 Å². The van der Waals surface area contributed by atoms with Crippen molar-refractivity contribution in [1.29, 1.82) is 5.26 Å². The van der Waals surface area contributed by atoms with Gasteiger partial charge in [-0.05, 0) is 31.1 Å². The first kappa shape index (κ1) is 15.9. The SMILES string of the molecule is Cn1cc(/C=C(\C#N)C(=O)NC2CCCC2)c(-c2ccncc2)n1. The Bertz CT molecular complexity index is 795. The van der Waals surface area contributed by atoms with Crippen molar-refractivity contribution in [3.63, 3.8) is 0 Å². The molecule has 0 atom stereocenters. The van der Waals surface area contributed by atoms with E-state index in [1.54, 1.807) is 29.3 Å². The van der Waals surface area contributed by atoms with Crippen LogP contribution in [-0.4, -0.2) is 26.7 Å². The molecule has 1 N–H and O–H groups in total. The van der Waals surface area contributed by atoms with Gasteiger partial charge in [-0.1, -0.05) is 12.8 Å². The van der Waals surface area contributed by atoms with Crippen LogP contribution in [0.15, 0.2) is 36.3 Å². The van der Waals surface area contributed by atoms with Gasteiger partial charge in [0.25, 0.3) is 5.91 Å². The summed E-state index contributed by atoms with van der Waals surface area (Å²) in [4.78, 5) is 16.4. The standard InChI is InChI=1S/C18H19N5O/c1-23-12-15(17(22-23)13-6-8-20-9-7-13)10-14(11-19)18(24)21-16-4-2-3-5-16/h6-10,12,16H,2-5H2,1H3,(H,21,24)/b14-10+. The maximum Gasteiger partial charge on any atom is 0.262 e. The molecular weight excluding hydrogens is 302 g/mol. The molecule has 1 aliphatic carbocycles. The van der Waals surface area contributed by atoms with Crippen LogP contribution in [0.2, 0.25) is 0 Å². The van der Waals surface area contributed by atoms with Gasteiger partial charge in [-0.15, -0.1) is 0 Å². The summed E-state index contributed by atoms with van der Waals surface area (Å²) < 4.78 is 1.67. The van der Waals surface area contributed by atoms with E-state index in [1.165, 1.54) is 0 Å². The van der Waals surface area contributed by atoms with Crippen molar-refractivity contribution in [1.82, 2.24) is 20.1 Å². The van der Waals surface area contributed by atoms with Gasteiger partial charge in [-0.25, -0.2) is 0 Å². The first-order chi connectivity index (χ1) is 11.7. The topological polar surface area (TPSA) is 83.6 Å². The van der Waals surface area contributed by atoms with Gasteiger partial charge >= 0.3 is 0 Å². The molecule has 0 radical (unpaired) electrons. The van der Waals surface area contributed by atoms with E-state index >= 15 is 0 Å². The Morgan fingerprint density at radius 3 is 2.75 bits per heavy atom. The van der Waals surface area contributed by atoms with Crippen molar-refractivity contribution < 1.29 is 4.79 Å². The van der Waals surface area contributed by atoms with Crippen molar-refractivity contribution in [2.75, 3.05) is 0 Å². The van der Waals surface area contributed by atoms with Gasteiger partial charge in [0.1, 0.15) is 11.6 Å². The minimum absolute atomic E-state index is 0.102. The van der Waals surface area contributed by atoms with Crippen LogP contribution >= 0.6 is 0 Å². The quantitative estimate of drug-likeness (QED) is 0.692. The monoisotopic (exact) mass is 321 g/mol. The van der Waals surface area contributed by atoms with Crippen LogP contribution in [0.5, 0.6) is 0 Å². The predicted octanol–water partition coefficient (Wildman–Crippen LogP) is 2.45. The van der Waals surface area contributed by atoms with Crippen molar-refractivity contribution >= 4 is 12.0 Å². The molecule has 122 valence electrons.